The average Bonchev–Trinajstić information content (AvgIpc) is 2.69. The number of carbonyl (C=O) groups excluding carboxylic acids is 3. The highest BCUT2D eigenvalue weighted by Gasteiger charge is 2.40. The van der Waals surface area contributed by atoms with E-state index in [2.05, 4.69) is 26.2 Å². The molecule has 0 saturated carbocycles. The third-order valence-corrected chi connectivity index (χ3v) is 4.94. The summed E-state index contributed by atoms with van der Waals surface area (Å²) >= 11 is 3.31. The molecule has 0 bridgehead atoms. The lowest BCUT2D eigenvalue weighted by Crippen LogP contribution is -2.58. The van der Waals surface area contributed by atoms with Gasteiger partial charge in [0.25, 0.3) is 5.91 Å². The summed E-state index contributed by atoms with van der Waals surface area (Å²) in [5, 5.41) is 4.13. The SMILES string of the molecule is O=C1NC(=O)N(c2ccc(Br)cc2)C(=O)[C@@H]1C=Nc1cccc2ccccc12. The molecule has 0 unspecified atom stereocenters. The van der Waals surface area contributed by atoms with E-state index in [0.29, 0.717) is 11.4 Å². The quantitative estimate of drug-likeness (QED) is 0.494. The van der Waals surface area contributed by atoms with Gasteiger partial charge >= 0.3 is 6.03 Å². The van der Waals surface area contributed by atoms with Gasteiger partial charge in [0, 0.05) is 16.1 Å². The Kier molecular flexibility index (Phi) is 4.75. The largest absolute Gasteiger partial charge is 0.335 e. The highest BCUT2D eigenvalue weighted by molar-refractivity contribution is 9.10. The van der Waals surface area contributed by atoms with Crippen LogP contribution in [0.15, 0.2) is 76.2 Å². The number of aliphatic imine (C=N–C) groups is 1. The van der Waals surface area contributed by atoms with Crippen LogP contribution < -0.4 is 10.2 Å². The number of hydrogen-bond donors (Lipinski definition) is 1. The van der Waals surface area contributed by atoms with Crippen molar-refractivity contribution in [1.82, 2.24) is 5.32 Å². The first-order chi connectivity index (χ1) is 13.5. The third-order valence-electron chi connectivity index (χ3n) is 4.42. The van der Waals surface area contributed by atoms with Gasteiger partial charge in [-0.05, 0) is 35.7 Å². The monoisotopic (exact) mass is 435 g/mol. The number of imide groups is 2. The lowest BCUT2D eigenvalue weighted by molar-refractivity contribution is -0.131. The zero-order chi connectivity index (χ0) is 19.7. The molecular weight excluding hydrogens is 422 g/mol. The zero-order valence-corrected chi connectivity index (χ0v) is 16.1. The molecule has 1 saturated heterocycles. The Morgan fingerprint density at radius 2 is 1.64 bits per heavy atom. The van der Waals surface area contributed by atoms with Gasteiger partial charge in [0.05, 0.1) is 11.4 Å². The average molecular weight is 436 g/mol. The number of fused-ring (bicyclic) bond motifs is 1. The van der Waals surface area contributed by atoms with Crippen LogP contribution >= 0.6 is 15.9 Å². The summed E-state index contributed by atoms with van der Waals surface area (Å²) in [6.07, 6.45) is 1.29. The second-order valence-corrected chi connectivity index (χ2v) is 7.11. The van der Waals surface area contributed by atoms with Gasteiger partial charge in [-0.2, -0.15) is 0 Å². The fourth-order valence-corrected chi connectivity index (χ4v) is 3.30. The van der Waals surface area contributed by atoms with E-state index in [-0.39, 0.29) is 0 Å². The Morgan fingerprint density at radius 3 is 2.43 bits per heavy atom. The Bertz CT molecular complexity index is 1120. The molecule has 7 heteroatoms. The topological polar surface area (TPSA) is 78.8 Å². The molecule has 1 fully saturated rings. The Morgan fingerprint density at radius 1 is 0.929 bits per heavy atom. The molecule has 0 aliphatic carbocycles. The summed E-state index contributed by atoms with van der Waals surface area (Å²) in [5.74, 6) is -2.52. The van der Waals surface area contributed by atoms with Crippen molar-refractivity contribution < 1.29 is 14.4 Å². The minimum atomic E-state index is -1.19. The minimum Gasteiger partial charge on any atom is -0.276 e. The van der Waals surface area contributed by atoms with Crippen LogP contribution in [0.25, 0.3) is 10.8 Å². The number of carbonyl (C=O) groups is 3. The molecule has 0 spiro atoms. The van der Waals surface area contributed by atoms with E-state index < -0.39 is 23.8 Å². The molecule has 1 N–H and O–H groups in total. The van der Waals surface area contributed by atoms with Gasteiger partial charge in [0.15, 0.2) is 5.92 Å². The first-order valence-electron chi connectivity index (χ1n) is 8.51. The molecule has 4 amide bonds. The van der Waals surface area contributed by atoms with Crippen molar-refractivity contribution in [3.8, 4) is 0 Å². The first-order valence-corrected chi connectivity index (χ1v) is 9.30. The van der Waals surface area contributed by atoms with E-state index in [1.807, 2.05) is 42.5 Å². The summed E-state index contributed by atoms with van der Waals surface area (Å²) in [4.78, 5) is 42.6. The van der Waals surface area contributed by atoms with Gasteiger partial charge in [0.1, 0.15) is 0 Å². The summed E-state index contributed by atoms with van der Waals surface area (Å²) in [6, 6.07) is 19.2. The van der Waals surface area contributed by atoms with Crippen LogP contribution in [0.4, 0.5) is 16.2 Å². The number of urea groups is 1. The van der Waals surface area contributed by atoms with Gasteiger partial charge in [-0.1, -0.05) is 52.3 Å². The maximum Gasteiger partial charge on any atom is 0.335 e. The lowest BCUT2D eigenvalue weighted by atomic mass is 10.1. The number of anilines is 1. The van der Waals surface area contributed by atoms with E-state index in [4.69, 9.17) is 0 Å². The van der Waals surface area contributed by atoms with Gasteiger partial charge in [-0.15, -0.1) is 0 Å². The highest BCUT2D eigenvalue weighted by Crippen LogP contribution is 2.26. The van der Waals surface area contributed by atoms with Crippen LogP contribution in [0.5, 0.6) is 0 Å². The van der Waals surface area contributed by atoms with E-state index >= 15 is 0 Å². The van der Waals surface area contributed by atoms with Crippen LogP contribution in [0.3, 0.4) is 0 Å². The third kappa shape index (κ3) is 3.32. The maximum absolute atomic E-state index is 12.9. The zero-order valence-electron chi connectivity index (χ0n) is 14.5. The van der Waals surface area contributed by atoms with Crippen molar-refractivity contribution >= 4 is 62.1 Å². The van der Waals surface area contributed by atoms with Crippen molar-refractivity contribution in [2.24, 2.45) is 10.9 Å². The molecule has 28 heavy (non-hydrogen) atoms. The molecule has 1 aliphatic rings. The molecule has 138 valence electrons. The molecule has 3 aromatic carbocycles. The normalized spacial score (nSPS) is 17.4. The molecule has 6 nitrogen and oxygen atoms in total. The number of hydrogen-bond acceptors (Lipinski definition) is 4. The van der Waals surface area contributed by atoms with Crippen molar-refractivity contribution in [2.75, 3.05) is 4.90 Å². The van der Waals surface area contributed by atoms with Gasteiger partial charge in [0.2, 0.25) is 5.91 Å². The Labute approximate surface area is 169 Å². The van der Waals surface area contributed by atoms with E-state index in [9.17, 15) is 14.4 Å². The van der Waals surface area contributed by atoms with Crippen LogP contribution in [-0.2, 0) is 9.59 Å². The molecule has 1 heterocycles. The minimum absolute atomic E-state index is 0.377. The number of rotatable bonds is 3. The second kappa shape index (κ2) is 7.36. The van der Waals surface area contributed by atoms with E-state index in [1.165, 1.54) is 6.21 Å². The molecule has 1 atom stereocenters. The molecular formula is C21H14BrN3O3. The summed E-state index contributed by atoms with van der Waals surface area (Å²) < 4.78 is 0.811. The van der Waals surface area contributed by atoms with Crippen LogP contribution in [0.1, 0.15) is 0 Å². The second-order valence-electron chi connectivity index (χ2n) is 6.20. The first kappa shape index (κ1) is 18.1. The van der Waals surface area contributed by atoms with Crippen molar-refractivity contribution in [1.29, 1.82) is 0 Å². The Hall–Kier alpha value is -3.32. The van der Waals surface area contributed by atoms with Gasteiger partial charge in [-0.25, -0.2) is 9.69 Å². The molecule has 0 radical (unpaired) electrons. The summed E-state index contributed by atoms with van der Waals surface area (Å²) in [5.41, 5.74) is 1.02. The van der Waals surface area contributed by atoms with Crippen molar-refractivity contribution in [3.63, 3.8) is 0 Å². The van der Waals surface area contributed by atoms with Crippen LogP contribution in [0, 0.1) is 5.92 Å². The maximum atomic E-state index is 12.9. The lowest BCUT2D eigenvalue weighted by Gasteiger charge is -2.28. The smallest absolute Gasteiger partial charge is 0.276 e. The summed E-state index contributed by atoms with van der Waals surface area (Å²) in [6.45, 7) is 0. The van der Waals surface area contributed by atoms with E-state index in [1.54, 1.807) is 24.3 Å². The number of nitrogens with one attached hydrogen (secondary N) is 1. The van der Waals surface area contributed by atoms with Crippen LogP contribution in [-0.4, -0.2) is 24.1 Å². The van der Waals surface area contributed by atoms with Crippen molar-refractivity contribution in [2.45, 2.75) is 0 Å². The fourth-order valence-electron chi connectivity index (χ4n) is 3.03. The Balaban J connectivity index is 1.67. The number of barbiturate groups is 1. The molecule has 0 aromatic heterocycles. The van der Waals surface area contributed by atoms with Crippen LogP contribution in [0.2, 0.25) is 0 Å². The predicted octanol–water partition coefficient (Wildman–Crippen LogP) is 4.20. The standard InChI is InChI=1S/C21H14BrN3O3/c22-14-8-10-15(11-9-14)25-20(27)17(19(26)24-21(25)28)12-23-18-7-3-5-13-4-1-2-6-16(13)18/h1-12,17H,(H,24,26,28)/t17-/m1/s1. The van der Waals surface area contributed by atoms with Gasteiger partial charge < -0.3 is 0 Å². The number of nitrogens with zero attached hydrogens (tertiary/aromatic N) is 2. The summed E-state index contributed by atoms with van der Waals surface area (Å²) in [7, 11) is 0. The van der Waals surface area contributed by atoms with Crippen molar-refractivity contribution in [3.05, 3.63) is 71.2 Å². The van der Waals surface area contributed by atoms with Gasteiger partial charge in [-0.3, -0.25) is 19.9 Å². The number of halogens is 1. The number of amides is 4. The molecule has 3 aromatic rings. The molecule has 4 rings (SSSR count). The highest BCUT2D eigenvalue weighted by atomic mass is 79.9. The predicted molar refractivity (Wildman–Crippen MR) is 111 cm³/mol. The molecule has 1 aliphatic heterocycles. The fraction of sp³-hybridized carbons (Fsp3) is 0.0476. The van der Waals surface area contributed by atoms with E-state index in [0.717, 1.165) is 20.1 Å². The number of benzene rings is 3.